The van der Waals surface area contributed by atoms with Gasteiger partial charge in [0.1, 0.15) is 11.6 Å². The summed E-state index contributed by atoms with van der Waals surface area (Å²) in [5, 5.41) is 3.31. The number of amides is 1. The molecule has 1 aromatic rings. The minimum absolute atomic E-state index is 0. The Kier molecular flexibility index (Phi) is 6.47. The molecule has 1 amide bonds. The van der Waals surface area contributed by atoms with E-state index in [4.69, 9.17) is 4.74 Å². The van der Waals surface area contributed by atoms with Crippen LogP contribution in [0.3, 0.4) is 0 Å². The normalized spacial score (nSPS) is 19.2. The van der Waals surface area contributed by atoms with E-state index in [0.717, 1.165) is 63.7 Å². The third-order valence-electron chi connectivity index (χ3n) is 4.56. The van der Waals surface area contributed by atoms with E-state index in [1.165, 1.54) is 0 Å². The number of piperazine rings is 1. The van der Waals surface area contributed by atoms with Crippen LogP contribution in [-0.2, 0) is 4.79 Å². The predicted octanol–water partition coefficient (Wildman–Crippen LogP) is 1.16. The molecule has 128 valence electrons. The van der Waals surface area contributed by atoms with Crippen LogP contribution in [0.4, 0.5) is 5.82 Å². The van der Waals surface area contributed by atoms with Gasteiger partial charge < -0.3 is 19.9 Å². The van der Waals surface area contributed by atoms with E-state index in [1.54, 1.807) is 13.3 Å². The Balaban J connectivity index is 0.00000192. The zero-order chi connectivity index (χ0) is 15.4. The van der Waals surface area contributed by atoms with Crippen molar-refractivity contribution < 1.29 is 9.53 Å². The number of halogens is 1. The van der Waals surface area contributed by atoms with Crippen molar-refractivity contribution in [1.82, 2.24) is 15.2 Å². The molecule has 0 saturated carbocycles. The fourth-order valence-corrected chi connectivity index (χ4v) is 3.18. The lowest BCUT2D eigenvalue weighted by atomic mass is 9.96. The van der Waals surface area contributed by atoms with Gasteiger partial charge in [0, 0.05) is 44.4 Å². The van der Waals surface area contributed by atoms with E-state index >= 15 is 0 Å². The number of nitrogens with one attached hydrogen (secondary N) is 1. The molecule has 0 aromatic carbocycles. The molecule has 0 unspecified atom stereocenters. The van der Waals surface area contributed by atoms with Crippen LogP contribution in [0.1, 0.15) is 12.8 Å². The molecule has 0 radical (unpaired) electrons. The lowest BCUT2D eigenvalue weighted by Gasteiger charge is -2.37. The number of ether oxygens (including phenoxy) is 1. The first-order chi connectivity index (χ1) is 10.8. The second-order valence-electron chi connectivity index (χ2n) is 5.89. The Morgan fingerprint density at radius 2 is 1.96 bits per heavy atom. The van der Waals surface area contributed by atoms with Crippen LogP contribution in [0.15, 0.2) is 18.3 Å². The van der Waals surface area contributed by atoms with E-state index in [1.807, 2.05) is 17.0 Å². The van der Waals surface area contributed by atoms with Crippen LogP contribution < -0.4 is 15.0 Å². The van der Waals surface area contributed by atoms with Crippen molar-refractivity contribution in [2.24, 2.45) is 5.92 Å². The first-order valence-electron chi connectivity index (χ1n) is 8.02. The number of carbonyl (C=O) groups is 1. The standard InChI is InChI=1S/C16H24N4O2.ClH/c1-22-14-4-7-18-15(12-14)19-8-10-20(11-9-19)16(21)13-2-5-17-6-3-13;/h4,7,12-13,17H,2-3,5-6,8-11H2,1H3;1H. The maximum absolute atomic E-state index is 12.5. The van der Waals surface area contributed by atoms with Crippen molar-refractivity contribution in [2.75, 3.05) is 51.3 Å². The van der Waals surface area contributed by atoms with E-state index in [-0.39, 0.29) is 18.3 Å². The fraction of sp³-hybridized carbons (Fsp3) is 0.625. The first-order valence-corrected chi connectivity index (χ1v) is 8.02. The minimum atomic E-state index is 0. The zero-order valence-corrected chi connectivity index (χ0v) is 14.3. The SMILES string of the molecule is COc1ccnc(N2CCN(C(=O)C3CCNCC3)CC2)c1.Cl. The summed E-state index contributed by atoms with van der Waals surface area (Å²) in [6.07, 6.45) is 3.70. The van der Waals surface area contributed by atoms with Crippen LogP contribution in [0, 0.1) is 5.92 Å². The van der Waals surface area contributed by atoms with Gasteiger partial charge in [-0.05, 0) is 32.0 Å². The first kappa shape index (κ1) is 17.8. The van der Waals surface area contributed by atoms with Gasteiger partial charge in [-0.15, -0.1) is 12.4 Å². The Bertz CT molecular complexity index is 515. The molecule has 0 spiro atoms. The van der Waals surface area contributed by atoms with Crippen molar-refractivity contribution in [1.29, 1.82) is 0 Å². The molecule has 3 heterocycles. The van der Waals surface area contributed by atoms with Gasteiger partial charge >= 0.3 is 0 Å². The Labute approximate surface area is 143 Å². The van der Waals surface area contributed by atoms with Crippen molar-refractivity contribution in [3.8, 4) is 5.75 Å². The summed E-state index contributed by atoms with van der Waals surface area (Å²) in [6.45, 7) is 5.14. The van der Waals surface area contributed by atoms with Gasteiger partial charge in [-0.3, -0.25) is 4.79 Å². The molecule has 0 aliphatic carbocycles. The molecule has 6 nitrogen and oxygen atoms in total. The summed E-state index contributed by atoms with van der Waals surface area (Å²) in [6, 6.07) is 3.80. The number of carbonyl (C=O) groups excluding carboxylic acids is 1. The summed E-state index contributed by atoms with van der Waals surface area (Å²) in [5.74, 6) is 2.29. The number of anilines is 1. The highest BCUT2D eigenvalue weighted by Crippen LogP contribution is 2.21. The molecule has 2 saturated heterocycles. The molecule has 0 atom stereocenters. The molecule has 23 heavy (non-hydrogen) atoms. The Hall–Kier alpha value is -1.53. The van der Waals surface area contributed by atoms with Crippen molar-refractivity contribution in [3.63, 3.8) is 0 Å². The summed E-state index contributed by atoms with van der Waals surface area (Å²) < 4.78 is 5.25. The van der Waals surface area contributed by atoms with Gasteiger partial charge in [-0.25, -0.2) is 4.98 Å². The Morgan fingerprint density at radius 1 is 1.26 bits per heavy atom. The molecule has 1 N–H and O–H groups in total. The molecular weight excluding hydrogens is 316 g/mol. The summed E-state index contributed by atoms with van der Waals surface area (Å²) in [5.41, 5.74) is 0. The number of hydrogen-bond donors (Lipinski definition) is 1. The van der Waals surface area contributed by atoms with Crippen LogP contribution in [0.2, 0.25) is 0 Å². The number of aromatic nitrogens is 1. The molecule has 2 fully saturated rings. The fourth-order valence-electron chi connectivity index (χ4n) is 3.18. The predicted molar refractivity (Wildman–Crippen MR) is 92.4 cm³/mol. The van der Waals surface area contributed by atoms with Crippen LogP contribution in [0.25, 0.3) is 0 Å². The average Bonchev–Trinajstić information content (AvgIpc) is 2.62. The highest BCUT2D eigenvalue weighted by atomic mass is 35.5. The van der Waals surface area contributed by atoms with E-state index in [0.29, 0.717) is 5.91 Å². The van der Waals surface area contributed by atoms with Crippen LogP contribution in [0.5, 0.6) is 5.75 Å². The number of pyridine rings is 1. The summed E-state index contributed by atoms with van der Waals surface area (Å²) in [7, 11) is 1.66. The van der Waals surface area contributed by atoms with Gasteiger partial charge in [-0.1, -0.05) is 0 Å². The number of methoxy groups -OCH3 is 1. The van der Waals surface area contributed by atoms with E-state index in [2.05, 4.69) is 15.2 Å². The van der Waals surface area contributed by atoms with Gasteiger partial charge in [0.05, 0.1) is 7.11 Å². The topological polar surface area (TPSA) is 57.7 Å². The second kappa shape index (κ2) is 8.36. The van der Waals surface area contributed by atoms with Crippen LogP contribution >= 0.6 is 12.4 Å². The molecule has 0 bridgehead atoms. The molecule has 1 aromatic heterocycles. The quantitative estimate of drug-likeness (QED) is 0.895. The highest BCUT2D eigenvalue weighted by molar-refractivity contribution is 5.85. The van der Waals surface area contributed by atoms with Crippen molar-refractivity contribution in [2.45, 2.75) is 12.8 Å². The smallest absolute Gasteiger partial charge is 0.225 e. The van der Waals surface area contributed by atoms with E-state index < -0.39 is 0 Å². The summed E-state index contributed by atoms with van der Waals surface area (Å²) >= 11 is 0. The van der Waals surface area contributed by atoms with Gasteiger partial charge in [0.15, 0.2) is 0 Å². The largest absolute Gasteiger partial charge is 0.497 e. The number of nitrogens with zero attached hydrogens (tertiary/aromatic N) is 3. The maximum Gasteiger partial charge on any atom is 0.225 e. The van der Waals surface area contributed by atoms with Crippen molar-refractivity contribution >= 4 is 24.1 Å². The van der Waals surface area contributed by atoms with Crippen molar-refractivity contribution in [3.05, 3.63) is 18.3 Å². The van der Waals surface area contributed by atoms with Gasteiger partial charge in [0.25, 0.3) is 0 Å². The van der Waals surface area contributed by atoms with Gasteiger partial charge in [-0.2, -0.15) is 0 Å². The monoisotopic (exact) mass is 340 g/mol. The summed E-state index contributed by atoms with van der Waals surface area (Å²) in [4.78, 5) is 21.2. The van der Waals surface area contributed by atoms with E-state index in [9.17, 15) is 4.79 Å². The van der Waals surface area contributed by atoms with Gasteiger partial charge in [0.2, 0.25) is 5.91 Å². The van der Waals surface area contributed by atoms with Crippen LogP contribution in [-0.4, -0.2) is 62.2 Å². The zero-order valence-electron chi connectivity index (χ0n) is 13.5. The Morgan fingerprint density at radius 3 is 2.61 bits per heavy atom. The molecule has 2 aliphatic heterocycles. The third-order valence-corrected chi connectivity index (χ3v) is 4.56. The molecular formula is C16H25ClN4O2. The average molecular weight is 341 g/mol. The third kappa shape index (κ3) is 4.26. The second-order valence-corrected chi connectivity index (χ2v) is 5.89. The minimum Gasteiger partial charge on any atom is -0.497 e. The number of rotatable bonds is 3. The lowest BCUT2D eigenvalue weighted by molar-refractivity contribution is -0.136. The number of piperidine rings is 1. The molecule has 2 aliphatic rings. The maximum atomic E-state index is 12.5. The molecule has 7 heteroatoms. The number of hydrogen-bond acceptors (Lipinski definition) is 5. The molecule has 3 rings (SSSR count). The highest BCUT2D eigenvalue weighted by Gasteiger charge is 2.28. The lowest BCUT2D eigenvalue weighted by Crippen LogP contribution is -2.51.